The average Bonchev–Trinajstić information content (AvgIpc) is 2.39. The highest BCUT2D eigenvalue weighted by Crippen LogP contribution is 2.35. The van der Waals surface area contributed by atoms with Crippen LogP contribution in [0.25, 0.3) is 0 Å². The second-order valence-electron chi connectivity index (χ2n) is 4.81. The molecule has 5 heteroatoms. The predicted octanol–water partition coefficient (Wildman–Crippen LogP) is 2.48. The zero-order valence-electron chi connectivity index (χ0n) is 9.82. The Morgan fingerprint density at radius 1 is 1.24 bits per heavy atom. The number of aliphatic hydroxyl groups is 1. The van der Waals surface area contributed by atoms with Gasteiger partial charge < -0.3 is 10.4 Å². The Hall–Kier alpha value is -0.870. The Bertz CT molecular complexity index is 349. The van der Waals surface area contributed by atoms with Crippen molar-refractivity contribution in [1.29, 1.82) is 0 Å². The van der Waals surface area contributed by atoms with Crippen molar-refractivity contribution >= 4 is 17.4 Å². The van der Waals surface area contributed by atoms with Gasteiger partial charge in [0.05, 0.1) is 6.61 Å². The molecular formula is C12H18ClN3O. The summed E-state index contributed by atoms with van der Waals surface area (Å²) in [5.41, 5.74) is 0.0135. The van der Waals surface area contributed by atoms with E-state index in [0.29, 0.717) is 11.0 Å². The van der Waals surface area contributed by atoms with Crippen LogP contribution in [0.2, 0.25) is 5.15 Å². The number of hydrogen-bond acceptors (Lipinski definition) is 4. The first-order valence-electron chi connectivity index (χ1n) is 6.08. The molecule has 0 unspecified atom stereocenters. The smallest absolute Gasteiger partial charge is 0.151 e. The first-order chi connectivity index (χ1) is 8.24. The van der Waals surface area contributed by atoms with E-state index in [2.05, 4.69) is 15.5 Å². The van der Waals surface area contributed by atoms with Crippen LogP contribution in [0.3, 0.4) is 0 Å². The molecule has 1 aromatic rings. The third kappa shape index (κ3) is 3.30. The van der Waals surface area contributed by atoms with Gasteiger partial charge in [-0.2, -0.15) is 0 Å². The average molecular weight is 256 g/mol. The lowest BCUT2D eigenvalue weighted by Gasteiger charge is -2.35. The molecule has 0 amide bonds. The van der Waals surface area contributed by atoms with Crippen LogP contribution in [0, 0.1) is 5.41 Å². The van der Waals surface area contributed by atoms with E-state index >= 15 is 0 Å². The number of hydrogen-bond donors (Lipinski definition) is 2. The summed E-state index contributed by atoms with van der Waals surface area (Å²) in [6.07, 6.45) is 5.85. The molecule has 2 rings (SSSR count). The van der Waals surface area contributed by atoms with E-state index in [9.17, 15) is 5.11 Å². The van der Waals surface area contributed by atoms with E-state index < -0.39 is 0 Å². The molecule has 0 radical (unpaired) electrons. The molecule has 1 aromatic heterocycles. The number of nitrogens with zero attached hydrogens (tertiary/aromatic N) is 2. The highest BCUT2D eigenvalue weighted by molar-refractivity contribution is 6.29. The van der Waals surface area contributed by atoms with Crippen LogP contribution in [-0.4, -0.2) is 28.5 Å². The fourth-order valence-corrected chi connectivity index (χ4v) is 2.48. The van der Waals surface area contributed by atoms with Gasteiger partial charge >= 0.3 is 0 Å². The lowest BCUT2D eigenvalue weighted by molar-refractivity contribution is 0.0943. The first-order valence-corrected chi connectivity index (χ1v) is 6.46. The highest BCUT2D eigenvalue weighted by atomic mass is 35.5. The summed E-state index contributed by atoms with van der Waals surface area (Å²) in [6, 6.07) is 3.52. The Morgan fingerprint density at radius 2 is 2.00 bits per heavy atom. The molecule has 4 nitrogen and oxygen atoms in total. The fraction of sp³-hybridized carbons (Fsp3) is 0.667. The van der Waals surface area contributed by atoms with E-state index in [1.165, 1.54) is 19.3 Å². The number of halogens is 1. The maximum absolute atomic E-state index is 9.57. The minimum Gasteiger partial charge on any atom is -0.396 e. The number of anilines is 1. The molecule has 1 aliphatic rings. The predicted molar refractivity (Wildman–Crippen MR) is 68.1 cm³/mol. The number of aromatic nitrogens is 2. The van der Waals surface area contributed by atoms with Gasteiger partial charge in [-0.25, -0.2) is 0 Å². The van der Waals surface area contributed by atoms with Crippen molar-refractivity contribution in [2.75, 3.05) is 18.5 Å². The van der Waals surface area contributed by atoms with Gasteiger partial charge in [0.15, 0.2) is 5.15 Å². The van der Waals surface area contributed by atoms with Crippen molar-refractivity contribution in [1.82, 2.24) is 10.2 Å². The van der Waals surface area contributed by atoms with Crippen LogP contribution in [0.15, 0.2) is 12.1 Å². The van der Waals surface area contributed by atoms with Crippen LogP contribution >= 0.6 is 11.6 Å². The maximum Gasteiger partial charge on any atom is 0.151 e. The van der Waals surface area contributed by atoms with E-state index in [4.69, 9.17) is 11.6 Å². The van der Waals surface area contributed by atoms with Crippen molar-refractivity contribution < 1.29 is 5.11 Å². The topological polar surface area (TPSA) is 58.0 Å². The van der Waals surface area contributed by atoms with Crippen molar-refractivity contribution in [3.63, 3.8) is 0 Å². The lowest BCUT2D eigenvalue weighted by atomic mass is 9.74. The SMILES string of the molecule is OCC1(CNc2ccc(Cl)nn2)CCCCC1. The summed E-state index contributed by atoms with van der Waals surface area (Å²) < 4.78 is 0. The Balaban J connectivity index is 1.93. The second kappa shape index (κ2) is 5.65. The van der Waals surface area contributed by atoms with Crippen LogP contribution in [0.4, 0.5) is 5.82 Å². The summed E-state index contributed by atoms with van der Waals surface area (Å²) in [6.45, 7) is 0.987. The monoisotopic (exact) mass is 255 g/mol. The van der Waals surface area contributed by atoms with Crippen molar-refractivity contribution in [2.24, 2.45) is 5.41 Å². The van der Waals surface area contributed by atoms with Gasteiger partial charge in [0, 0.05) is 12.0 Å². The molecular weight excluding hydrogens is 238 g/mol. The standard InChI is InChI=1S/C12H18ClN3O/c13-10-4-5-11(16-15-10)14-8-12(9-17)6-2-1-3-7-12/h4-5,17H,1-3,6-9H2,(H,14,16). The molecule has 1 saturated carbocycles. The Labute approximate surface area is 106 Å². The number of aliphatic hydroxyl groups excluding tert-OH is 1. The molecule has 1 aliphatic carbocycles. The van der Waals surface area contributed by atoms with E-state index in [-0.39, 0.29) is 12.0 Å². The van der Waals surface area contributed by atoms with E-state index in [1.54, 1.807) is 6.07 Å². The first kappa shape index (κ1) is 12.6. The van der Waals surface area contributed by atoms with Crippen LogP contribution in [0.1, 0.15) is 32.1 Å². The van der Waals surface area contributed by atoms with E-state index in [0.717, 1.165) is 19.4 Å². The summed E-state index contributed by atoms with van der Waals surface area (Å²) in [5.74, 6) is 0.716. The number of nitrogens with one attached hydrogen (secondary N) is 1. The van der Waals surface area contributed by atoms with Crippen molar-refractivity contribution in [2.45, 2.75) is 32.1 Å². The lowest BCUT2D eigenvalue weighted by Crippen LogP contribution is -2.35. The molecule has 0 aromatic carbocycles. The Morgan fingerprint density at radius 3 is 2.59 bits per heavy atom. The quantitative estimate of drug-likeness (QED) is 0.868. The normalized spacial score (nSPS) is 18.9. The molecule has 0 atom stereocenters. The van der Waals surface area contributed by atoms with E-state index in [1.807, 2.05) is 6.07 Å². The molecule has 0 bridgehead atoms. The zero-order valence-corrected chi connectivity index (χ0v) is 10.6. The molecule has 1 heterocycles. The van der Waals surface area contributed by atoms with Gasteiger partial charge in [-0.15, -0.1) is 10.2 Å². The van der Waals surface area contributed by atoms with Gasteiger partial charge in [0.1, 0.15) is 5.82 Å². The third-order valence-electron chi connectivity index (χ3n) is 3.53. The third-order valence-corrected chi connectivity index (χ3v) is 3.73. The summed E-state index contributed by atoms with van der Waals surface area (Å²) in [7, 11) is 0. The van der Waals surface area contributed by atoms with Crippen molar-refractivity contribution in [3.8, 4) is 0 Å². The molecule has 17 heavy (non-hydrogen) atoms. The highest BCUT2D eigenvalue weighted by Gasteiger charge is 2.31. The largest absolute Gasteiger partial charge is 0.396 e. The van der Waals surface area contributed by atoms with Gasteiger partial charge in [-0.3, -0.25) is 0 Å². The van der Waals surface area contributed by atoms with Gasteiger partial charge in [-0.1, -0.05) is 30.9 Å². The van der Waals surface area contributed by atoms with Crippen molar-refractivity contribution in [3.05, 3.63) is 17.3 Å². The molecule has 0 spiro atoms. The minimum absolute atomic E-state index is 0.0135. The van der Waals surface area contributed by atoms with Gasteiger partial charge in [0.25, 0.3) is 0 Å². The summed E-state index contributed by atoms with van der Waals surface area (Å²) in [4.78, 5) is 0. The summed E-state index contributed by atoms with van der Waals surface area (Å²) >= 11 is 5.67. The number of rotatable bonds is 4. The Kier molecular flexibility index (Phi) is 4.18. The molecule has 94 valence electrons. The molecule has 0 aliphatic heterocycles. The minimum atomic E-state index is 0.0135. The molecule has 2 N–H and O–H groups in total. The van der Waals surface area contributed by atoms with Gasteiger partial charge in [0.2, 0.25) is 0 Å². The van der Waals surface area contributed by atoms with Gasteiger partial charge in [-0.05, 0) is 25.0 Å². The fourth-order valence-electron chi connectivity index (χ4n) is 2.38. The molecule has 1 fully saturated rings. The summed E-state index contributed by atoms with van der Waals surface area (Å²) in [5, 5.41) is 20.9. The maximum atomic E-state index is 9.57. The van der Waals surface area contributed by atoms with Crippen LogP contribution in [0.5, 0.6) is 0 Å². The molecule has 0 saturated heterocycles. The zero-order chi connectivity index (χ0) is 12.1. The van der Waals surface area contributed by atoms with Crippen LogP contribution < -0.4 is 5.32 Å². The second-order valence-corrected chi connectivity index (χ2v) is 5.20. The van der Waals surface area contributed by atoms with Crippen LogP contribution in [-0.2, 0) is 0 Å².